The summed E-state index contributed by atoms with van der Waals surface area (Å²) in [5.41, 5.74) is 2.90. The van der Waals surface area contributed by atoms with Crippen LogP contribution in [0.25, 0.3) is 0 Å². The van der Waals surface area contributed by atoms with Crippen molar-refractivity contribution >= 4 is 13.5 Å². The number of nitro benzene ring substituents is 1. The molecule has 3 rings (SSSR count). The minimum atomic E-state index is -0.422. The van der Waals surface area contributed by atoms with Gasteiger partial charge < -0.3 is 9.64 Å². The molecule has 0 saturated carbocycles. The van der Waals surface area contributed by atoms with Crippen molar-refractivity contribution in [1.82, 2.24) is 4.90 Å². The van der Waals surface area contributed by atoms with Gasteiger partial charge in [-0.1, -0.05) is 54.6 Å². The monoisotopic (exact) mass is 388 g/mol. The molecule has 0 aromatic heterocycles. The van der Waals surface area contributed by atoms with E-state index in [9.17, 15) is 10.1 Å². The van der Waals surface area contributed by atoms with E-state index in [4.69, 9.17) is 12.6 Å². The highest BCUT2D eigenvalue weighted by molar-refractivity contribution is 6.14. The van der Waals surface area contributed by atoms with Crippen LogP contribution in [0.1, 0.15) is 22.5 Å². The van der Waals surface area contributed by atoms with E-state index in [1.165, 1.54) is 12.1 Å². The summed E-state index contributed by atoms with van der Waals surface area (Å²) in [6.45, 7) is 0.509. The van der Waals surface area contributed by atoms with Gasteiger partial charge in [-0.05, 0) is 55.8 Å². The van der Waals surface area contributed by atoms with E-state index in [0.717, 1.165) is 22.4 Å². The third-order valence-electron chi connectivity index (χ3n) is 3.95. The molecule has 2 radical (unpaired) electrons. The minimum absolute atomic E-state index is 0.0561. The first-order chi connectivity index (χ1) is 13.9. The molecule has 148 valence electrons. The topological polar surface area (TPSA) is 55.6 Å². The number of benzene rings is 3. The van der Waals surface area contributed by atoms with E-state index in [-0.39, 0.29) is 11.5 Å². The molecule has 0 heterocycles. The van der Waals surface area contributed by atoms with Gasteiger partial charge in [-0.3, -0.25) is 10.1 Å². The van der Waals surface area contributed by atoms with Gasteiger partial charge in [-0.2, -0.15) is 0 Å². The second-order valence-corrected chi connectivity index (χ2v) is 7.01. The Morgan fingerprint density at radius 3 is 1.86 bits per heavy atom. The van der Waals surface area contributed by atoms with Crippen LogP contribution in [0.3, 0.4) is 0 Å². The quantitative estimate of drug-likeness (QED) is 0.352. The smallest absolute Gasteiger partial charge is 0.269 e. The highest BCUT2D eigenvalue weighted by Crippen LogP contribution is 2.25. The lowest BCUT2D eigenvalue weighted by Gasteiger charge is -2.14. The molecule has 0 aliphatic heterocycles. The average molecular weight is 388 g/mol. The first-order valence-electron chi connectivity index (χ1n) is 9.24. The maximum absolute atomic E-state index is 10.7. The molecule has 0 bridgehead atoms. The largest absolute Gasteiger partial charge is 0.489 e. The number of ether oxygens (including phenoxy) is 1. The van der Waals surface area contributed by atoms with Crippen molar-refractivity contribution < 1.29 is 9.66 Å². The zero-order valence-electron chi connectivity index (χ0n) is 17.0. The van der Waals surface area contributed by atoms with E-state index in [1.54, 1.807) is 12.1 Å². The molecule has 5 nitrogen and oxygen atoms in total. The molecule has 0 N–H and O–H groups in total. The molecule has 0 amide bonds. The summed E-state index contributed by atoms with van der Waals surface area (Å²) in [5.74, 6) is 0.424. The molecule has 0 fully saturated rings. The fourth-order valence-electron chi connectivity index (χ4n) is 2.51. The SMILES string of the molecule is CN(C)C.[B]C(c1ccc(OCc2ccccc2)cc1)c1ccc([N+](=O)[O-])cc1. The summed E-state index contributed by atoms with van der Waals surface area (Å²) in [6, 6.07) is 23.8. The summed E-state index contributed by atoms with van der Waals surface area (Å²) in [7, 11) is 12.2. The van der Waals surface area contributed by atoms with Crippen molar-refractivity contribution in [2.24, 2.45) is 0 Å². The Hall–Kier alpha value is -3.12. The molecule has 0 aliphatic rings. The molecule has 3 aromatic carbocycles. The molecule has 1 unspecified atom stereocenters. The van der Waals surface area contributed by atoms with Crippen molar-refractivity contribution in [3.8, 4) is 5.75 Å². The summed E-state index contributed by atoms with van der Waals surface area (Å²) in [5, 5.41) is 10.7. The van der Waals surface area contributed by atoms with Crippen LogP contribution in [0.4, 0.5) is 5.69 Å². The first kappa shape index (κ1) is 22.2. The number of nitrogens with zero attached hydrogens (tertiary/aromatic N) is 2. The molecule has 1 atom stereocenters. The molecule has 0 saturated heterocycles. The molecule has 0 aliphatic carbocycles. The van der Waals surface area contributed by atoms with Crippen LogP contribution in [-0.4, -0.2) is 38.8 Å². The molecule has 6 heteroatoms. The normalized spacial score (nSPS) is 11.3. The Balaban J connectivity index is 0.000000687. The van der Waals surface area contributed by atoms with E-state index in [2.05, 4.69) is 0 Å². The minimum Gasteiger partial charge on any atom is -0.489 e. The van der Waals surface area contributed by atoms with Crippen LogP contribution in [0.5, 0.6) is 5.75 Å². The lowest BCUT2D eigenvalue weighted by molar-refractivity contribution is -0.384. The Morgan fingerprint density at radius 1 is 0.897 bits per heavy atom. The van der Waals surface area contributed by atoms with Gasteiger partial charge in [0.1, 0.15) is 12.4 Å². The standard InChI is InChI=1S/C20H16BNO3.C3H9N/c21-20(16-6-10-18(11-7-16)22(23)24)17-8-12-19(13-9-17)25-14-15-4-2-1-3-5-15;1-4(2)3/h1-13,20H,14H2;1-3H3. The van der Waals surface area contributed by atoms with E-state index in [1.807, 2.05) is 80.6 Å². The van der Waals surface area contributed by atoms with E-state index < -0.39 is 4.92 Å². The van der Waals surface area contributed by atoms with Crippen molar-refractivity contribution in [3.63, 3.8) is 0 Å². The van der Waals surface area contributed by atoms with Gasteiger partial charge in [0.25, 0.3) is 5.69 Å². The van der Waals surface area contributed by atoms with E-state index in [0.29, 0.717) is 6.61 Å². The lowest BCUT2D eigenvalue weighted by atomic mass is 9.76. The summed E-state index contributed by atoms with van der Waals surface area (Å²) in [4.78, 5) is 12.3. The second-order valence-electron chi connectivity index (χ2n) is 7.01. The Morgan fingerprint density at radius 2 is 1.38 bits per heavy atom. The van der Waals surface area contributed by atoms with Gasteiger partial charge in [-0.25, -0.2) is 0 Å². The van der Waals surface area contributed by atoms with Crippen molar-refractivity contribution in [2.75, 3.05) is 21.1 Å². The third-order valence-corrected chi connectivity index (χ3v) is 3.95. The van der Waals surface area contributed by atoms with Gasteiger partial charge in [-0.15, -0.1) is 0 Å². The fraction of sp³-hybridized carbons (Fsp3) is 0.217. The zero-order chi connectivity index (χ0) is 21.2. The highest BCUT2D eigenvalue weighted by Gasteiger charge is 2.11. The molecule has 29 heavy (non-hydrogen) atoms. The maximum Gasteiger partial charge on any atom is 0.269 e. The van der Waals surface area contributed by atoms with Crippen LogP contribution >= 0.6 is 0 Å². The number of hydrogen-bond acceptors (Lipinski definition) is 4. The molecular formula is C23H25BN2O3. The third kappa shape index (κ3) is 7.43. The molecule has 0 spiro atoms. The van der Waals surface area contributed by atoms with Crippen LogP contribution in [-0.2, 0) is 6.61 Å². The average Bonchev–Trinajstić information content (AvgIpc) is 2.72. The van der Waals surface area contributed by atoms with Crippen molar-refractivity contribution in [1.29, 1.82) is 0 Å². The summed E-state index contributed by atoms with van der Waals surface area (Å²) < 4.78 is 5.76. The van der Waals surface area contributed by atoms with Crippen LogP contribution in [0.15, 0.2) is 78.9 Å². The van der Waals surface area contributed by atoms with Crippen LogP contribution < -0.4 is 4.74 Å². The van der Waals surface area contributed by atoms with Crippen molar-refractivity contribution in [3.05, 3.63) is 106 Å². The summed E-state index contributed by atoms with van der Waals surface area (Å²) in [6.07, 6.45) is 0. The fourth-order valence-corrected chi connectivity index (χ4v) is 2.51. The Bertz CT molecular complexity index is 880. The van der Waals surface area contributed by atoms with Gasteiger partial charge in [0.2, 0.25) is 0 Å². The predicted molar refractivity (Wildman–Crippen MR) is 118 cm³/mol. The van der Waals surface area contributed by atoms with E-state index >= 15 is 0 Å². The van der Waals surface area contributed by atoms with Gasteiger partial charge in [0.15, 0.2) is 0 Å². The number of hydrogen-bond donors (Lipinski definition) is 0. The lowest BCUT2D eigenvalue weighted by Crippen LogP contribution is -2.01. The molecular weight excluding hydrogens is 363 g/mol. The van der Waals surface area contributed by atoms with Gasteiger partial charge >= 0.3 is 0 Å². The summed E-state index contributed by atoms with van der Waals surface area (Å²) >= 11 is 0. The number of nitro groups is 1. The van der Waals surface area contributed by atoms with Crippen LogP contribution in [0.2, 0.25) is 0 Å². The van der Waals surface area contributed by atoms with Crippen molar-refractivity contribution in [2.45, 2.75) is 12.4 Å². The molecule has 3 aromatic rings. The van der Waals surface area contributed by atoms with Gasteiger partial charge in [0, 0.05) is 12.1 Å². The highest BCUT2D eigenvalue weighted by atomic mass is 16.6. The predicted octanol–water partition coefficient (Wildman–Crippen LogP) is 4.61. The first-order valence-corrected chi connectivity index (χ1v) is 9.24. The second kappa shape index (κ2) is 11.0. The number of non-ortho nitro benzene ring substituents is 1. The number of rotatable bonds is 6. The van der Waals surface area contributed by atoms with Crippen LogP contribution in [0, 0.1) is 10.1 Å². The zero-order valence-corrected chi connectivity index (χ0v) is 17.0. The van der Waals surface area contributed by atoms with Gasteiger partial charge in [0.05, 0.1) is 12.8 Å². The Labute approximate surface area is 173 Å². The Kier molecular flexibility index (Phi) is 8.43. The maximum atomic E-state index is 10.7.